The zero-order valence-electron chi connectivity index (χ0n) is 17.1. The molecule has 0 spiro atoms. The van der Waals surface area contributed by atoms with Gasteiger partial charge >= 0.3 is 0 Å². The van der Waals surface area contributed by atoms with E-state index in [1.165, 1.54) is 0 Å². The number of halogens is 1. The molecule has 0 unspecified atom stereocenters. The van der Waals surface area contributed by atoms with Gasteiger partial charge in [0, 0.05) is 11.9 Å². The van der Waals surface area contributed by atoms with Gasteiger partial charge < -0.3 is 20.5 Å². The predicted molar refractivity (Wildman–Crippen MR) is 132 cm³/mol. The number of anilines is 1. The summed E-state index contributed by atoms with van der Waals surface area (Å²) < 4.78 is 11.4. The van der Waals surface area contributed by atoms with E-state index in [0.717, 1.165) is 28.4 Å². The maximum absolute atomic E-state index is 6.01. The van der Waals surface area contributed by atoms with Crippen molar-refractivity contribution in [1.82, 2.24) is 4.98 Å². The van der Waals surface area contributed by atoms with E-state index in [1.807, 2.05) is 80.6 Å². The van der Waals surface area contributed by atoms with Crippen LogP contribution in [0.5, 0.6) is 11.5 Å². The number of rotatable bonds is 8. The minimum Gasteiger partial charge on any atom is -0.491 e. The van der Waals surface area contributed by atoms with Gasteiger partial charge in [-0.15, -0.1) is 24.0 Å². The van der Waals surface area contributed by atoms with Crippen LogP contribution >= 0.6 is 24.0 Å². The Bertz CT molecular complexity index is 931. The number of hydrogen-bond acceptors (Lipinski definition) is 4. The Morgan fingerprint density at radius 1 is 1.03 bits per heavy atom. The van der Waals surface area contributed by atoms with Crippen LogP contribution in [0.25, 0.3) is 0 Å². The van der Waals surface area contributed by atoms with Crippen molar-refractivity contribution >= 4 is 35.6 Å². The first-order valence-electron chi connectivity index (χ1n) is 9.54. The molecule has 1 heterocycles. The second-order valence-corrected chi connectivity index (χ2v) is 6.77. The van der Waals surface area contributed by atoms with E-state index < -0.39 is 0 Å². The number of nitrogens with two attached hydrogens (primary N) is 1. The van der Waals surface area contributed by atoms with Crippen molar-refractivity contribution in [3.05, 3.63) is 84.2 Å². The van der Waals surface area contributed by atoms with Crippen LogP contribution in [0, 0.1) is 0 Å². The second-order valence-electron chi connectivity index (χ2n) is 6.77. The van der Waals surface area contributed by atoms with Gasteiger partial charge in [-0.2, -0.15) is 0 Å². The minimum atomic E-state index is 0. The number of nitrogens with zero attached hydrogens (tertiary/aromatic N) is 2. The summed E-state index contributed by atoms with van der Waals surface area (Å²) in [5.41, 5.74) is 8.76. The highest BCUT2D eigenvalue weighted by molar-refractivity contribution is 14.0. The molecule has 0 bridgehead atoms. The standard InChI is InChI=1S/C23H26N4O2.HI/c1-17(2)29-21-11-9-19(10-12-21)27-23(24)26-15-18-6-5-8-22(14-18)28-16-20-7-3-4-13-25-20;/h3-14,17H,15-16H2,1-2H3,(H3,24,26,27);1H. The van der Waals surface area contributed by atoms with Crippen LogP contribution in [0.15, 0.2) is 77.9 Å². The van der Waals surface area contributed by atoms with Crippen molar-refractivity contribution in [2.45, 2.75) is 33.1 Å². The number of guanidine groups is 1. The fourth-order valence-electron chi connectivity index (χ4n) is 2.63. The van der Waals surface area contributed by atoms with Gasteiger partial charge in [0.05, 0.1) is 18.3 Å². The molecule has 0 fully saturated rings. The van der Waals surface area contributed by atoms with Gasteiger partial charge in [0.25, 0.3) is 0 Å². The lowest BCUT2D eigenvalue weighted by molar-refractivity contribution is 0.242. The van der Waals surface area contributed by atoms with Gasteiger partial charge in [-0.1, -0.05) is 18.2 Å². The summed E-state index contributed by atoms with van der Waals surface area (Å²) in [6.07, 6.45) is 1.90. The molecule has 30 heavy (non-hydrogen) atoms. The highest BCUT2D eigenvalue weighted by Gasteiger charge is 2.01. The lowest BCUT2D eigenvalue weighted by Gasteiger charge is -2.11. The van der Waals surface area contributed by atoms with Crippen LogP contribution in [0.3, 0.4) is 0 Å². The summed E-state index contributed by atoms with van der Waals surface area (Å²) >= 11 is 0. The zero-order valence-corrected chi connectivity index (χ0v) is 19.4. The maximum atomic E-state index is 6.01. The molecule has 0 atom stereocenters. The summed E-state index contributed by atoms with van der Waals surface area (Å²) in [5.74, 6) is 1.95. The van der Waals surface area contributed by atoms with Crippen molar-refractivity contribution in [3.63, 3.8) is 0 Å². The van der Waals surface area contributed by atoms with Crippen molar-refractivity contribution in [2.24, 2.45) is 10.7 Å². The molecule has 3 rings (SSSR count). The third kappa shape index (κ3) is 7.90. The third-order valence-electron chi connectivity index (χ3n) is 3.94. The molecule has 1 aromatic heterocycles. The highest BCUT2D eigenvalue weighted by atomic mass is 127. The van der Waals surface area contributed by atoms with Gasteiger partial charge in [0.15, 0.2) is 5.96 Å². The van der Waals surface area contributed by atoms with Crippen LogP contribution in [-0.4, -0.2) is 17.0 Å². The lowest BCUT2D eigenvalue weighted by atomic mass is 10.2. The quantitative estimate of drug-likeness (QED) is 0.250. The van der Waals surface area contributed by atoms with Crippen molar-refractivity contribution in [1.29, 1.82) is 0 Å². The molecule has 6 nitrogen and oxygen atoms in total. The Kier molecular flexibility index (Phi) is 9.40. The highest BCUT2D eigenvalue weighted by Crippen LogP contribution is 2.17. The average molecular weight is 518 g/mol. The molecular weight excluding hydrogens is 491 g/mol. The predicted octanol–water partition coefficient (Wildman–Crippen LogP) is 4.99. The number of aromatic nitrogens is 1. The third-order valence-corrected chi connectivity index (χ3v) is 3.94. The molecule has 0 aliphatic heterocycles. The monoisotopic (exact) mass is 518 g/mol. The number of pyridine rings is 1. The Morgan fingerprint density at radius 3 is 2.53 bits per heavy atom. The molecule has 0 radical (unpaired) electrons. The molecule has 0 aliphatic carbocycles. The molecule has 0 saturated heterocycles. The first kappa shape index (κ1) is 23.5. The molecule has 0 aliphatic rings. The summed E-state index contributed by atoms with van der Waals surface area (Å²) in [4.78, 5) is 8.66. The smallest absolute Gasteiger partial charge is 0.193 e. The molecule has 158 valence electrons. The van der Waals surface area contributed by atoms with E-state index >= 15 is 0 Å². The van der Waals surface area contributed by atoms with Crippen molar-refractivity contribution < 1.29 is 9.47 Å². The van der Waals surface area contributed by atoms with Crippen LogP contribution in [0.4, 0.5) is 5.69 Å². The van der Waals surface area contributed by atoms with Crippen LogP contribution in [0.2, 0.25) is 0 Å². The van der Waals surface area contributed by atoms with Gasteiger partial charge in [-0.25, -0.2) is 4.99 Å². The molecule has 0 saturated carbocycles. The number of nitrogens with one attached hydrogen (secondary N) is 1. The van der Waals surface area contributed by atoms with Crippen LogP contribution < -0.4 is 20.5 Å². The Balaban J connectivity index is 0.00000320. The van der Waals surface area contributed by atoms with Crippen molar-refractivity contribution in [3.8, 4) is 11.5 Å². The first-order valence-corrected chi connectivity index (χ1v) is 9.54. The summed E-state index contributed by atoms with van der Waals surface area (Å²) in [6, 6.07) is 21.2. The average Bonchev–Trinajstić information content (AvgIpc) is 2.73. The number of benzene rings is 2. The topological polar surface area (TPSA) is 81.8 Å². The molecule has 3 aromatic rings. The van der Waals surface area contributed by atoms with Gasteiger partial charge in [-0.05, 0) is 67.9 Å². The van der Waals surface area contributed by atoms with E-state index in [9.17, 15) is 0 Å². The Hall–Kier alpha value is -2.81. The second kappa shape index (κ2) is 12.0. The lowest BCUT2D eigenvalue weighted by Crippen LogP contribution is -2.22. The van der Waals surface area contributed by atoms with Gasteiger partial charge in [-0.3, -0.25) is 4.98 Å². The fourth-order valence-corrected chi connectivity index (χ4v) is 2.63. The number of aliphatic imine (C=N–C) groups is 1. The SMILES string of the molecule is CC(C)Oc1ccc(NC(N)=NCc2cccc(OCc3ccccn3)c2)cc1.I. The maximum Gasteiger partial charge on any atom is 0.193 e. The molecule has 0 amide bonds. The minimum absolute atomic E-state index is 0. The van der Waals surface area contributed by atoms with E-state index in [1.54, 1.807) is 6.20 Å². The van der Waals surface area contributed by atoms with E-state index in [2.05, 4.69) is 15.3 Å². The van der Waals surface area contributed by atoms with E-state index in [-0.39, 0.29) is 30.1 Å². The zero-order chi connectivity index (χ0) is 20.5. The van der Waals surface area contributed by atoms with Crippen LogP contribution in [0.1, 0.15) is 25.1 Å². The van der Waals surface area contributed by atoms with E-state index in [0.29, 0.717) is 19.1 Å². The summed E-state index contributed by atoms with van der Waals surface area (Å²) in [6.45, 7) is 4.87. The van der Waals surface area contributed by atoms with E-state index in [4.69, 9.17) is 15.2 Å². The van der Waals surface area contributed by atoms with Crippen molar-refractivity contribution in [2.75, 3.05) is 5.32 Å². The van der Waals surface area contributed by atoms with Crippen LogP contribution in [-0.2, 0) is 13.2 Å². The number of ether oxygens (including phenoxy) is 2. The van der Waals surface area contributed by atoms with Gasteiger partial charge in [0.2, 0.25) is 0 Å². The Morgan fingerprint density at radius 2 is 1.83 bits per heavy atom. The Labute approximate surface area is 194 Å². The molecule has 7 heteroatoms. The molecular formula is C23H27IN4O2. The summed E-state index contributed by atoms with van der Waals surface area (Å²) in [5, 5.41) is 3.09. The normalized spacial score (nSPS) is 11.0. The van der Waals surface area contributed by atoms with Gasteiger partial charge in [0.1, 0.15) is 18.1 Å². The first-order chi connectivity index (χ1) is 14.1. The largest absolute Gasteiger partial charge is 0.491 e. The number of hydrogen-bond donors (Lipinski definition) is 2. The molecule has 2 aromatic carbocycles. The fraction of sp³-hybridized carbons (Fsp3) is 0.217. The summed E-state index contributed by atoms with van der Waals surface area (Å²) in [7, 11) is 0. The molecule has 3 N–H and O–H groups in total.